The second-order valence-electron chi connectivity index (χ2n) is 7.56. The molecule has 3 aliphatic rings. The van der Waals surface area contributed by atoms with Crippen molar-refractivity contribution >= 4 is 17.7 Å². The number of amides is 1. The Labute approximate surface area is 159 Å². The number of aryl methyl sites for hydroxylation is 1. The Morgan fingerprint density at radius 1 is 1.19 bits per heavy atom. The maximum Gasteiger partial charge on any atom is 0.229 e. The van der Waals surface area contributed by atoms with Crippen molar-refractivity contribution in [2.24, 2.45) is 0 Å². The van der Waals surface area contributed by atoms with E-state index in [4.69, 9.17) is 0 Å². The SMILES string of the molecule is Cc1ccccc1C1CC(=O)N2CN(C3CCCCC3)CSC2=C1C#N. The summed E-state index contributed by atoms with van der Waals surface area (Å²) < 4.78 is 0. The third-order valence-electron chi connectivity index (χ3n) is 5.97. The Hall–Kier alpha value is -1.77. The van der Waals surface area contributed by atoms with Crippen molar-refractivity contribution in [1.82, 2.24) is 9.80 Å². The number of nitriles is 1. The smallest absolute Gasteiger partial charge is 0.229 e. The van der Waals surface area contributed by atoms with Gasteiger partial charge in [-0.15, -0.1) is 0 Å². The summed E-state index contributed by atoms with van der Waals surface area (Å²) in [5.41, 5.74) is 3.03. The summed E-state index contributed by atoms with van der Waals surface area (Å²) in [7, 11) is 0. The van der Waals surface area contributed by atoms with E-state index >= 15 is 0 Å². The van der Waals surface area contributed by atoms with Gasteiger partial charge < -0.3 is 0 Å². The fourth-order valence-corrected chi connectivity index (χ4v) is 5.74. The van der Waals surface area contributed by atoms with Gasteiger partial charge in [-0.25, -0.2) is 0 Å². The predicted octanol–water partition coefficient (Wildman–Crippen LogP) is 4.34. The summed E-state index contributed by atoms with van der Waals surface area (Å²) in [6.45, 7) is 2.71. The van der Waals surface area contributed by atoms with Gasteiger partial charge in [0.05, 0.1) is 29.2 Å². The molecule has 1 unspecified atom stereocenters. The van der Waals surface area contributed by atoms with Gasteiger partial charge in [0.25, 0.3) is 0 Å². The average Bonchev–Trinajstić information content (AvgIpc) is 2.69. The highest BCUT2D eigenvalue weighted by Crippen LogP contribution is 2.44. The first kappa shape index (κ1) is 17.6. The Morgan fingerprint density at radius 3 is 2.69 bits per heavy atom. The first-order chi connectivity index (χ1) is 12.7. The molecule has 0 bridgehead atoms. The van der Waals surface area contributed by atoms with E-state index in [1.807, 2.05) is 17.0 Å². The number of carbonyl (C=O) groups excluding carboxylic acids is 1. The van der Waals surface area contributed by atoms with E-state index in [9.17, 15) is 10.1 Å². The minimum Gasteiger partial charge on any atom is -0.292 e. The molecule has 5 heteroatoms. The molecule has 26 heavy (non-hydrogen) atoms. The number of allylic oxidation sites excluding steroid dienone is 1. The Kier molecular flexibility index (Phi) is 5.06. The zero-order valence-electron chi connectivity index (χ0n) is 15.3. The lowest BCUT2D eigenvalue weighted by molar-refractivity contribution is -0.132. The fraction of sp³-hybridized carbons (Fsp3) is 0.524. The summed E-state index contributed by atoms with van der Waals surface area (Å²) in [4.78, 5) is 17.3. The quantitative estimate of drug-likeness (QED) is 0.780. The first-order valence-electron chi connectivity index (χ1n) is 9.56. The molecule has 1 aliphatic carbocycles. The third-order valence-corrected chi connectivity index (χ3v) is 7.14. The number of hydrogen-bond acceptors (Lipinski definition) is 4. The summed E-state index contributed by atoms with van der Waals surface area (Å²) in [6, 6.07) is 11.2. The molecular formula is C21H25N3OS. The second kappa shape index (κ2) is 7.46. The monoisotopic (exact) mass is 367 g/mol. The Balaban J connectivity index is 1.63. The van der Waals surface area contributed by atoms with E-state index in [0.717, 1.165) is 27.6 Å². The standard InChI is InChI=1S/C21H25N3OS/c1-15-7-5-6-10-17(15)18-11-20(25)24-13-23(16-8-3-2-4-9-16)14-26-21(24)19(18)12-22/h5-7,10,16,18H,2-4,8-9,11,13-14H2,1H3. The summed E-state index contributed by atoms with van der Waals surface area (Å²) in [6.07, 6.45) is 6.79. The summed E-state index contributed by atoms with van der Waals surface area (Å²) >= 11 is 1.68. The van der Waals surface area contributed by atoms with Crippen molar-refractivity contribution in [2.45, 2.75) is 57.4 Å². The van der Waals surface area contributed by atoms with Gasteiger partial charge in [0, 0.05) is 18.4 Å². The van der Waals surface area contributed by atoms with Crippen molar-refractivity contribution in [1.29, 1.82) is 5.26 Å². The summed E-state index contributed by atoms with van der Waals surface area (Å²) in [5.74, 6) is 0.934. The Morgan fingerprint density at radius 2 is 1.96 bits per heavy atom. The largest absolute Gasteiger partial charge is 0.292 e. The van der Waals surface area contributed by atoms with Gasteiger partial charge in [-0.1, -0.05) is 55.3 Å². The van der Waals surface area contributed by atoms with Crippen LogP contribution in [0.4, 0.5) is 0 Å². The topological polar surface area (TPSA) is 47.3 Å². The highest BCUT2D eigenvalue weighted by molar-refractivity contribution is 8.03. The van der Waals surface area contributed by atoms with Gasteiger partial charge in [0.1, 0.15) is 0 Å². The van der Waals surface area contributed by atoms with Crippen LogP contribution in [0.1, 0.15) is 55.6 Å². The molecular weight excluding hydrogens is 342 g/mol. The maximum atomic E-state index is 13.0. The molecule has 1 saturated heterocycles. The van der Waals surface area contributed by atoms with Crippen LogP contribution >= 0.6 is 11.8 Å². The first-order valence-corrected chi connectivity index (χ1v) is 10.5. The van der Waals surface area contributed by atoms with Crippen molar-refractivity contribution in [2.75, 3.05) is 12.5 Å². The number of fused-ring (bicyclic) bond motifs is 1. The number of nitrogens with zero attached hydrogens (tertiary/aromatic N) is 3. The molecule has 4 rings (SSSR count). The lowest BCUT2D eigenvalue weighted by Gasteiger charge is -2.45. The van der Waals surface area contributed by atoms with Crippen molar-refractivity contribution < 1.29 is 4.79 Å². The zero-order chi connectivity index (χ0) is 18.1. The van der Waals surface area contributed by atoms with E-state index in [1.165, 1.54) is 32.1 Å². The van der Waals surface area contributed by atoms with E-state index < -0.39 is 0 Å². The van der Waals surface area contributed by atoms with Crippen molar-refractivity contribution in [3.8, 4) is 6.07 Å². The molecule has 2 aliphatic heterocycles. The second-order valence-corrected chi connectivity index (χ2v) is 8.49. The molecule has 2 heterocycles. The molecule has 0 spiro atoms. The van der Waals surface area contributed by atoms with Crippen molar-refractivity contribution in [3.05, 3.63) is 46.0 Å². The molecule has 1 atom stereocenters. The van der Waals surface area contributed by atoms with Gasteiger partial charge in [0.15, 0.2) is 0 Å². The molecule has 1 amide bonds. The van der Waals surface area contributed by atoms with Crippen LogP contribution in [0.15, 0.2) is 34.9 Å². The normalized spacial score (nSPS) is 25.2. The zero-order valence-corrected chi connectivity index (χ0v) is 16.1. The van der Waals surface area contributed by atoms with Crippen molar-refractivity contribution in [3.63, 3.8) is 0 Å². The van der Waals surface area contributed by atoms with E-state index in [1.54, 1.807) is 11.8 Å². The molecule has 4 nitrogen and oxygen atoms in total. The number of carbonyl (C=O) groups is 1. The van der Waals surface area contributed by atoms with E-state index in [-0.39, 0.29) is 11.8 Å². The van der Waals surface area contributed by atoms with Crippen LogP contribution in [-0.4, -0.2) is 34.3 Å². The van der Waals surface area contributed by atoms with Gasteiger partial charge in [-0.3, -0.25) is 14.6 Å². The predicted molar refractivity (Wildman–Crippen MR) is 104 cm³/mol. The lowest BCUT2D eigenvalue weighted by atomic mass is 9.84. The lowest BCUT2D eigenvalue weighted by Crippen LogP contribution is -2.51. The maximum absolute atomic E-state index is 13.0. The molecule has 0 N–H and O–H groups in total. The highest BCUT2D eigenvalue weighted by Gasteiger charge is 2.39. The fourth-order valence-electron chi connectivity index (χ4n) is 4.50. The number of rotatable bonds is 2. The molecule has 1 saturated carbocycles. The van der Waals surface area contributed by atoms with Crippen LogP contribution in [0.2, 0.25) is 0 Å². The van der Waals surface area contributed by atoms with Gasteiger partial charge in [-0.05, 0) is 30.9 Å². The molecule has 0 aromatic heterocycles. The van der Waals surface area contributed by atoms with Gasteiger partial charge >= 0.3 is 0 Å². The molecule has 0 radical (unpaired) electrons. The van der Waals surface area contributed by atoms with Crippen LogP contribution in [0.5, 0.6) is 0 Å². The average molecular weight is 368 g/mol. The van der Waals surface area contributed by atoms with E-state index in [2.05, 4.69) is 30.0 Å². The minimum absolute atomic E-state index is 0.103. The van der Waals surface area contributed by atoms with Gasteiger partial charge in [0.2, 0.25) is 5.91 Å². The number of benzene rings is 1. The highest BCUT2D eigenvalue weighted by atomic mass is 32.2. The molecule has 1 aromatic carbocycles. The van der Waals surface area contributed by atoms with Crippen LogP contribution in [0.25, 0.3) is 0 Å². The molecule has 2 fully saturated rings. The number of thioether (sulfide) groups is 1. The minimum atomic E-state index is -0.103. The molecule has 136 valence electrons. The molecule has 1 aromatic rings. The van der Waals surface area contributed by atoms with Crippen LogP contribution in [0.3, 0.4) is 0 Å². The van der Waals surface area contributed by atoms with Crippen LogP contribution in [-0.2, 0) is 4.79 Å². The van der Waals surface area contributed by atoms with Crippen LogP contribution in [0, 0.1) is 18.3 Å². The third kappa shape index (κ3) is 3.17. The summed E-state index contributed by atoms with van der Waals surface area (Å²) in [5, 5.41) is 10.8. The van der Waals surface area contributed by atoms with Crippen LogP contribution < -0.4 is 0 Å². The van der Waals surface area contributed by atoms with E-state index in [0.29, 0.717) is 19.1 Å². The number of hydrogen-bond donors (Lipinski definition) is 0. The van der Waals surface area contributed by atoms with Gasteiger partial charge in [-0.2, -0.15) is 5.26 Å². The Bertz CT molecular complexity index is 776.